The van der Waals surface area contributed by atoms with Crippen molar-refractivity contribution in [2.24, 2.45) is 0 Å². The summed E-state index contributed by atoms with van der Waals surface area (Å²) in [6, 6.07) is 10.4. The van der Waals surface area contributed by atoms with Gasteiger partial charge in [0, 0.05) is 22.7 Å². The summed E-state index contributed by atoms with van der Waals surface area (Å²) in [5.41, 5.74) is 0. The molecule has 1 amide bonds. The molecule has 25 heavy (non-hydrogen) atoms. The van der Waals surface area contributed by atoms with Gasteiger partial charge >= 0.3 is 0 Å². The van der Waals surface area contributed by atoms with Crippen LogP contribution in [-0.4, -0.2) is 36.3 Å². The lowest BCUT2D eigenvalue weighted by Gasteiger charge is -2.23. The van der Waals surface area contributed by atoms with Gasteiger partial charge in [-0.3, -0.25) is 4.79 Å². The fourth-order valence-electron chi connectivity index (χ4n) is 3.30. The van der Waals surface area contributed by atoms with Gasteiger partial charge in [-0.25, -0.2) is 0 Å². The highest BCUT2D eigenvalue weighted by Gasteiger charge is 2.30. The lowest BCUT2D eigenvalue weighted by Crippen LogP contribution is -2.31. The second-order valence-corrected chi connectivity index (χ2v) is 8.24. The molecule has 1 aromatic carbocycles. The zero-order chi connectivity index (χ0) is 17.1. The molecule has 1 unspecified atom stereocenters. The maximum Gasteiger partial charge on any atom is 0.233 e. The topological polar surface area (TPSA) is 38.8 Å². The molecule has 0 bridgehead atoms. The number of carbonyl (C=O) groups is 1. The van der Waals surface area contributed by atoms with Crippen LogP contribution in [0.25, 0.3) is 0 Å². The van der Waals surface area contributed by atoms with Gasteiger partial charge < -0.3 is 14.4 Å². The van der Waals surface area contributed by atoms with Crippen molar-refractivity contribution in [3.63, 3.8) is 0 Å². The Kier molecular flexibility index (Phi) is 5.17. The van der Waals surface area contributed by atoms with E-state index in [4.69, 9.17) is 9.47 Å². The van der Waals surface area contributed by atoms with Crippen molar-refractivity contribution in [1.82, 2.24) is 4.90 Å². The molecule has 6 heteroatoms. The first-order chi connectivity index (χ1) is 12.3. The van der Waals surface area contributed by atoms with Gasteiger partial charge in [0.25, 0.3) is 0 Å². The van der Waals surface area contributed by atoms with E-state index in [1.165, 1.54) is 4.88 Å². The molecule has 3 heterocycles. The largest absolute Gasteiger partial charge is 0.490 e. The Hall–Kier alpha value is -1.66. The van der Waals surface area contributed by atoms with Crippen LogP contribution in [0, 0.1) is 0 Å². The van der Waals surface area contributed by atoms with Gasteiger partial charge in [0.05, 0.1) is 25.0 Å². The molecule has 0 radical (unpaired) electrons. The molecule has 0 saturated carbocycles. The van der Waals surface area contributed by atoms with E-state index in [1.54, 1.807) is 23.1 Å². The molecule has 0 spiro atoms. The molecule has 1 fully saturated rings. The summed E-state index contributed by atoms with van der Waals surface area (Å²) in [4.78, 5) is 17.1. The van der Waals surface area contributed by atoms with Crippen LogP contribution < -0.4 is 9.47 Å². The fraction of sp³-hybridized carbons (Fsp3) is 0.421. The summed E-state index contributed by atoms with van der Waals surface area (Å²) in [6.07, 6.45) is 3.05. The van der Waals surface area contributed by atoms with Crippen molar-refractivity contribution in [2.75, 3.05) is 25.5 Å². The van der Waals surface area contributed by atoms with Crippen LogP contribution in [0.4, 0.5) is 0 Å². The number of fused-ring (bicyclic) bond motifs is 1. The van der Waals surface area contributed by atoms with Gasteiger partial charge in [-0.05, 0) is 42.5 Å². The van der Waals surface area contributed by atoms with Gasteiger partial charge in [0.15, 0.2) is 11.5 Å². The standard InChI is InChI=1S/C19H21NO3S2/c21-19(20-8-1-4-15(20)18-5-2-11-24-18)13-25-14-6-7-16-17(12-14)23-10-3-9-22-16/h2,5-7,11-12,15H,1,3-4,8-10,13H2. The second kappa shape index (κ2) is 7.70. The first-order valence-electron chi connectivity index (χ1n) is 8.66. The zero-order valence-electron chi connectivity index (χ0n) is 14.0. The number of benzene rings is 1. The molecule has 1 atom stereocenters. The summed E-state index contributed by atoms with van der Waals surface area (Å²) in [6.45, 7) is 2.23. The molecule has 2 aromatic rings. The van der Waals surface area contributed by atoms with Crippen molar-refractivity contribution in [2.45, 2.75) is 30.2 Å². The Bertz CT molecular complexity index is 732. The van der Waals surface area contributed by atoms with E-state index in [0.717, 1.165) is 42.2 Å². The average molecular weight is 376 g/mol. The van der Waals surface area contributed by atoms with Crippen molar-refractivity contribution in [3.05, 3.63) is 40.6 Å². The number of amides is 1. The third-order valence-electron chi connectivity index (χ3n) is 4.53. The highest BCUT2D eigenvalue weighted by Crippen LogP contribution is 2.37. The lowest BCUT2D eigenvalue weighted by molar-refractivity contribution is -0.129. The first kappa shape index (κ1) is 16.8. The number of nitrogens with zero attached hydrogens (tertiary/aromatic N) is 1. The molecule has 1 aromatic heterocycles. The van der Waals surface area contributed by atoms with Crippen LogP contribution in [0.5, 0.6) is 11.5 Å². The van der Waals surface area contributed by atoms with E-state index in [2.05, 4.69) is 17.5 Å². The Balaban J connectivity index is 1.39. The fourth-order valence-corrected chi connectivity index (χ4v) is 4.99. The third-order valence-corrected chi connectivity index (χ3v) is 6.48. The van der Waals surface area contributed by atoms with Crippen LogP contribution in [0.15, 0.2) is 40.6 Å². The molecule has 132 valence electrons. The molecule has 2 aliphatic heterocycles. The predicted octanol–water partition coefficient (Wildman–Crippen LogP) is 4.37. The molecular formula is C19H21NO3S2. The summed E-state index contributed by atoms with van der Waals surface area (Å²) in [7, 11) is 0. The van der Waals surface area contributed by atoms with Crippen LogP contribution >= 0.6 is 23.1 Å². The highest BCUT2D eigenvalue weighted by atomic mass is 32.2. The van der Waals surface area contributed by atoms with Crippen LogP contribution in [-0.2, 0) is 4.79 Å². The Morgan fingerprint density at radius 2 is 2.08 bits per heavy atom. The number of hydrogen-bond acceptors (Lipinski definition) is 5. The molecule has 4 nitrogen and oxygen atoms in total. The summed E-state index contributed by atoms with van der Waals surface area (Å²) >= 11 is 3.31. The summed E-state index contributed by atoms with van der Waals surface area (Å²) in [5.74, 6) is 2.26. The van der Waals surface area contributed by atoms with E-state index >= 15 is 0 Å². The average Bonchev–Trinajstić information content (AvgIpc) is 3.27. The predicted molar refractivity (Wildman–Crippen MR) is 101 cm³/mol. The molecule has 0 N–H and O–H groups in total. The summed E-state index contributed by atoms with van der Waals surface area (Å²) < 4.78 is 11.4. The minimum absolute atomic E-state index is 0.216. The van der Waals surface area contributed by atoms with Crippen molar-refractivity contribution >= 4 is 29.0 Å². The maximum absolute atomic E-state index is 12.7. The third kappa shape index (κ3) is 3.80. The van der Waals surface area contributed by atoms with E-state index in [-0.39, 0.29) is 11.9 Å². The first-order valence-corrected chi connectivity index (χ1v) is 10.5. The molecule has 2 aliphatic rings. The van der Waals surface area contributed by atoms with E-state index in [0.29, 0.717) is 19.0 Å². The molecule has 1 saturated heterocycles. The van der Waals surface area contributed by atoms with Crippen molar-refractivity contribution in [3.8, 4) is 11.5 Å². The molecule has 0 aliphatic carbocycles. The van der Waals surface area contributed by atoms with Crippen molar-refractivity contribution < 1.29 is 14.3 Å². The number of hydrogen-bond donors (Lipinski definition) is 0. The lowest BCUT2D eigenvalue weighted by atomic mass is 10.2. The Labute approximate surface area is 156 Å². The van der Waals surface area contributed by atoms with Gasteiger partial charge in [-0.2, -0.15) is 0 Å². The highest BCUT2D eigenvalue weighted by molar-refractivity contribution is 8.00. The number of thioether (sulfide) groups is 1. The van der Waals surface area contributed by atoms with Crippen LogP contribution in [0.1, 0.15) is 30.2 Å². The number of carbonyl (C=O) groups excluding carboxylic acids is 1. The van der Waals surface area contributed by atoms with Crippen LogP contribution in [0.3, 0.4) is 0 Å². The molecular weight excluding hydrogens is 354 g/mol. The Morgan fingerprint density at radius 1 is 1.20 bits per heavy atom. The molecule has 4 rings (SSSR count). The number of likely N-dealkylation sites (tertiary alicyclic amines) is 1. The van der Waals surface area contributed by atoms with Crippen LogP contribution in [0.2, 0.25) is 0 Å². The number of ether oxygens (including phenoxy) is 2. The normalized spacial score (nSPS) is 19.7. The second-order valence-electron chi connectivity index (χ2n) is 6.21. The van der Waals surface area contributed by atoms with E-state index in [1.807, 2.05) is 23.1 Å². The van der Waals surface area contributed by atoms with Gasteiger partial charge in [-0.15, -0.1) is 23.1 Å². The quantitative estimate of drug-likeness (QED) is 0.744. The van der Waals surface area contributed by atoms with E-state index in [9.17, 15) is 4.79 Å². The minimum atomic E-state index is 0.216. The monoisotopic (exact) mass is 375 g/mol. The smallest absolute Gasteiger partial charge is 0.233 e. The van der Waals surface area contributed by atoms with E-state index < -0.39 is 0 Å². The van der Waals surface area contributed by atoms with Gasteiger partial charge in [-0.1, -0.05) is 6.07 Å². The van der Waals surface area contributed by atoms with Gasteiger partial charge in [0.1, 0.15) is 0 Å². The minimum Gasteiger partial charge on any atom is -0.490 e. The number of thiophene rings is 1. The van der Waals surface area contributed by atoms with Gasteiger partial charge in [0.2, 0.25) is 5.91 Å². The number of rotatable bonds is 4. The SMILES string of the molecule is O=C(CSc1ccc2c(c1)OCCCO2)N1CCCC1c1cccs1. The maximum atomic E-state index is 12.7. The Morgan fingerprint density at radius 3 is 2.92 bits per heavy atom. The van der Waals surface area contributed by atoms with Crippen molar-refractivity contribution in [1.29, 1.82) is 0 Å². The zero-order valence-corrected chi connectivity index (χ0v) is 15.6. The summed E-state index contributed by atoms with van der Waals surface area (Å²) in [5, 5.41) is 2.09.